The largest absolute Gasteiger partial charge is 0.616 e. The highest BCUT2D eigenvalue weighted by Gasteiger charge is 2.44. The number of aliphatic hydroxyl groups excluding tert-OH is 1. The van der Waals surface area contributed by atoms with Gasteiger partial charge in [0, 0.05) is 51.9 Å². The molecule has 4 rings (SSSR count). The number of fused-ring (bicyclic) bond motifs is 1. The summed E-state index contributed by atoms with van der Waals surface area (Å²) in [6, 6.07) is -20.6. The average molecular weight is 1890 g/mol. The van der Waals surface area contributed by atoms with Crippen LogP contribution in [-0.4, -0.2) is 298 Å². The van der Waals surface area contributed by atoms with Crippen LogP contribution in [0.3, 0.4) is 0 Å². The minimum Gasteiger partial charge on any atom is -0.616 e. The van der Waals surface area contributed by atoms with Crippen molar-refractivity contribution >= 4 is 177 Å². The first-order valence-corrected chi connectivity index (χ1v) is 46.6. The van der Waals surface area contributed by atoms with Crippen molar-refractivity contribution in [3.63, 3.8) is 0 Å². The van der Waals surface area contributed by atoms with Crippen LogP contribution in [0.4, 0.5) is 4.79 Å². The summed E-state index contributed by atoms with van der Waals surface area (Å²) in [6.45, 7) is 21.2. The van der Waals surface area contributed by atoms with Gasteiger partial charge in [0.15, 0.2) is 12.1 Å². The summed E-state index contributed by atoms with van der Waals surface area (Å²) >= 11 is 3.90. The Labute approximate surface area is 764 Å². The van der Waals surface area contributed by atoms with Crippen molar-refractivity contribution in [2.75, 3.05) is 42.7 Å². The van der Waals surface area contributed by atoms with Crippen LogP contribution in [0.25, 0.3) is 10.9 Å². The number of carbonyl (C=O) groups excluding carboxylic acids is 18. The van der Waals surface area contributed by atoms with E-state index in [0.29, 0.717) is 34.0 Å². The lowest BCUT2D eigenvalue weighted by atomic mass is 9.96. The van der Waals surface area contributed by atoms with Crippen LogP contribution >= 0.6 is 36.2 Å². The second-order valence-corrected chi connectivity index (χ2v) is 38.3. The van der Waals surface area contributed by atoms with Crippen LogP contribution < -0.4 is 101 Å². The minimum atomic E-state index is -2.57. The smallest absolute Gasteiger partial charge is 0.331 e. The van der Waals surface area contributed by atoms with Gasteiger partial charge in [-0.15, -0.1) is 0 Å². The van der Waals surface area contributed by atoms with Crippen molar-refractivity contribution < 1.29 is 116 Å². The van der Waals surface area contributed by atoms with Crippen molar-refractivity contribution in [1.82, 2.24) is 101 Å². The Morgan fingerprint density at radius 1 is 0.589 bits per heavy atom. The number of aromatic nitrogens is 1. The predicted octanol–water partition coefficient (Wildman–Crippen LogP) is -4.96. The van der Waals surface area contributed by atoms with Gasteiger partial charge in [-0.3, -0.25) is 91.6 Å². The van der Waals surface area contributed by atoms with Crippen LogP contribution in [0.5, 0.6) is 0 Å². The molecule has 129 heavy (non-hydrogen) atoms. The SMILES string of the molecule is CCSC[C@H](N)C(=O)N[C@@H](CO)C(=O)NCC(=O)N[C@@H](Cc1c[nH]c2ccccc12)C(=O)N[C@H](C(=O)NC(=O)N[C@H]1C(=O)N[C@@H](CC(C)C)C(=O)N[C@H]([C@H](C)S)C(=O)N[C@@H](C(C)CC)C(=O)N[C@@H](CCC(=O)O)C(=O)N[C@H](C(=O)NCC(=O)N[C@@H]2C(=O)N[C@@H](C(C)C)C(=O)N[C@@H](C(C)CC)C(=O)N[C@@H](C)C(=O)N[C@@H](C)C(=O)N[C@H](C(=O)O)C[S+]([O-])[C@H]2C)CS[C@H]1C)C(C)C. The Morgan fingerprint density at radius 2 is 1.12 bits per heavy atom. The molecule has 24 N–H and O–H groups in total. The lowest BCUT2D eigenvalue weighted by Crippen LogP contribution is -2.63. The number of aliphatic hydroxyl groups is 1. The quantitative estimate of drug-likeness (QED) is 0.0235. The number of rotatable bonds is 33. The number of carboxylic acids is 2. The number of carbonyl (C=O) groups is 20. The molecule has 3 heterocycles. The predicted molar refractivity (Wildman–Crippen MR) is 480 cm³/mol. The van der Waals surface area contributed by atoms with Gasteiger partial charge in [-0.25, -0.2) is 9.59 Å². The molecule has 19 amide bonds. The summed E-state index contributed by atoms with van der Waals surface area (Å²) in [4.78, 5) is 285. The molecule has 720 valence electrons. The van der Waals surface area contributed by atoms with E-state index in [1.54, 1.807) is 72.0 Å². The van der Waals surface area contributed by atoms with E-state index in [9.17, 15) is 106 Å². The number of hydrogen-bond donors (Lipinski definition) is 24. The van der Waals surface area contributed by atoms with E-state index in [1.807, 2.05) is 6.92 Å². The van der Waals surface area contributed by atoms with Crippen molar-refractivity contribution in [3.05, 3.63) is 36.0 Å². The third kappa shape index (κ3) is 35.0. The number of amides is 19. The molecule has 2 saturated heterocycles. The summed E-state index contributed by atoms with van der Waals surface area (Å²) in [5.41, 5.74) is 7.07. The Kier molecular flexibility index (Phi) is 46.0. The Hall–Kier alpha value is -10.6. The fraction of sp³-hybridized carbons (Fsp3) is 0.654. The molecule has 0 spiro atoms. The van der Waals surface area contributed by atoms with Gasteiger partial charge in [-0.2, -0.15) is 36.2 Å². The molecule has 2 aliphatic heterocycles. The highest BCUT2D eigenvalue weighted by atomic mass is 32.2. The second kappa shape index (κ2) is 53.5. The number of H-pyrrole nitrogens is 1. The number of para-hydroxylation sites is 1. The molecule has 0 bridgehead atoms. The number of carboxylic acid groups (broad SMARTS) is 2. The lowest BCUT2D eigenvalue weighted by molar-refractivity contribution is -0.141. The highest BCUT2D eigenvalue weighted by Crippen LogP contribution is 2.23. The minimum absolute atomic E-state index is 0.169. The third-order valence-electron chi connectivity index (χ3n) is 21.4. The van der Waals surface area contributed by atoms with Gasteiger partial charge in [-0.05, 0) is 91.8 Å². The van der Waals surface area contributed by atoms with Gasteiger partial charge in [-0.1, -0.05) is 121 Å². The maximum atomic E-state index is 15.2. The van der Waals surface area contributed by atoms with Gasteiger partial charge in [0.1, 0.15) is 89.5 Å². The molecule has 1 aromatic heterocycles. The van der Waals surface area contributed by atoms with Gasteiger partial charge >= 0.3 is 18.0 Å². The van der Waals surface area contributed by atoms with E-state index in [1.165, 1.54) is 67.2 Å². The lowest BCUT2D eigenvalue weighted by Gasteiger charge is -2.31. The van der Waals surface area contributed by atoms with Crippen LogP contribution in [0, 0.1) is 29.6 Å². The first-order valence-electron chi connectivity index (χ1n) is 42.5. The summed E-state index contributed by atoms with van der Waals surface area (Å²) in [5.74, 6) is -25.6. The fourth-order valence-electron chi connectivity index (χ4n) is 13.1. The van der Waals surface area contributed by atoms with E-state index in [2.05, 4.69) is 113 Å². The average Bonchev–Trinajstić information content (AvgIpc) is 1.31. The fourth-order valence-corrected chi connectivity index (χ4v) is 16.4. The van der Waals surface area contributed by atoms with E-state index in [-0.39, 0.29) is 31.4 Å². The zero-order chi connectivity index (χ0) is 97.3. The molecule has 44 nitrogen and oxygen atoms in total. The summed E-state index contributed by atoms with van der Waals surface area (Å²) in [6.07, 6.45) is 0.0967. The Balaban J connectivity index is 1.86. The Morgan fingerprint density at radius 3 is 1.69 bits per heavy atom. The summed E-state index contributed by atoms with van der Waals surface area (Å²) in [5, 5.41) is 70.7. The number of imide groups is 1. The number of hydrogen-bond acceptors (Lipinski definition) is 26. The highest BCUT2D eigenvalue weighted by molar-refractivity contribution is 8.00. The van der Waals surface area contributed by atoms with Gasteiger partial charge in [0.2, 0.25) is 94.5 Å². The number of nitrogens with two attached hydrogens (primary N) is 1. The van der Waals surface area contributed by atoms with Gasteiger partial charge in [0.05, 0.1) is 25.7 Å². The molecule has 48 heteroatoms. The molecular weight excluding hydrogens is 1770 g/mol. The zero-order valence-electron chi connectivity index (χ0n) is 75.1. The normalized spacial score (nSPS) is 25.3. The van der Waals surface area contributed by atoms with E-state index in [0.717, 1.165) is 6.92 Å². The van der Waals surface area contributed by atoms with Crippen LogP contribution in [-0.2, 0) is 109 Å². The van der Waals surface area contributed by atoms with Crippen LogP contribution in [0.15, 0.2) is 30.5 Å². The second-order valence-electron chi connectivity index (χ2n) is 32.9. The van der Waals surface area contributed by atoms with E-state index < -0.39 is 316 Å². The number of urea groups is 1. The van der Waals surface area contributed by atoms with Crippen molar-refractivity contribution in [1.29, 1.82) is 0 Å². The van der Waals surface area contributed by atoms with Crippen LogP contribution in [0.2, 0.25) is 0 Å². The number of nitrogens with one attached hydrogen (secondary N) is 19. The number of thioether (sulfide) groups is 2. The standard InChI is InChI=1S/C81H128N20O24S4/c1-17-38(10)60-75(117)87-40(12)65(107)86-41(13)66(108)93-54(80(122)123)34-129(125)44(16)64(79(121)96-58(36(6)7)73(115)97-60)94-56(104)30-85-69(111)53-33-128-43(15)63(78(120)90-50(26-35(4)5)71(113)99-62(42(14)126)77(119)98-61(39(11)18-2)76(118)89-49(70(112)92-53)24-25-57(105)106)100-81(124)101-74(116)59(37(8)9)95-72(114)51(27-45-28-83-48-23-21-20-22-46(45)48)88-55(103)29-84-68(110)52(31-102)91-67(109)47(82)32-127-19-3/h20-23,28,35-44,47,49-54,58-64,83,102,126H,17-19,24-27,29-34,82H2,1-16H3,(H,84,110)(H,85,111)(H,86,107)(H,87,117)(H,88,103)(H,89,118)(H,90,120)(H,91,109)(H,92,112)(H,93,108)(H,94,104)(H,95,114)(H,96,121)(H,97,115)(H,98,119)(H,99,113)(H,105,106)(H,122,123)(H2,100,101,116,124)/t38?,39?,40-,41-,42-,43-,44-,47-,49-,50-,51-,52-,53-,54-,58-,59-,60-,61-,62+,63+,64-,129?/m0/s1. The number of aliphatic carboxylic acids is 2. The Bertz CT molecular complexity index is 4320. The van der Waals surface area contributed by atoms with Crippen molar-refractivity contribution in [3.8, 4) is 0 Å². The van der Waals surface area contributed by atoms with Crippen LogP contribution in [0.1, 0.15) is 148 Å². The van der Waals surface area contributed by atoms with Crippen molar-refractivity contribution in [2.45, 2.75) is 262 Å². The van der Waals surface area contributed by atoms with Gasteiger partial charge in [0.25, 0.3) is 5.91 Å². The molecule has 2 aliphatic rings. The molecule has 0 radical (unpaired) electrons. The summed E-state index contributed by atoms with van der Waals surface area (Å²) in [7, 11) is 0. The molecule has 1 aromatic carbocycles. The zero-order valence-corrected chi connectivity index (χ0v) is 78.4. The number of aromatic amines is 1. The monoisotopic (exact) mass is 1890 g/mol. The van der Waals surface area contributed by atoms with Gasteiger partial charge < -0.3 is 121 Å². The third-order valence-corrected chi connectivity index (χ3v) is 25.8. The molecule has 22 atom stereocenters. The molecule has 0 aliphatic carbocycles. The maximum Gasteiger partial charge on any atom is 0.331 e. The maximum absolute atomic E-state index is 15.2. The molecule has 2 aromatic rings. The number of benzene rings is 1. The number of thiol groups is 1. The molecular formula is C81H128N20O24S4. The molecule has 3 unspecified atom stereocenters. The first kappa shape index (κ1) is 111. The topological polar surface area (TPSA) is 683 Å². The first-order chi connectivity index (χ1) is 60.5. The molecule has 0 saturated carbocycles. The molecule has 2 fully saturated rings. The van der Waals surface area contributed by atoms with Crippen molar-refractivity contribution in [2.24, 2.45) is 35.3 Å². The summed E-state index contributed by atoms with van der Waals surface area (Å²) < 4.78 is 14.5. The van der Waals surface area contributed by atoms with E-state index >= 15 is 9.59 Å². The van der Waals surface area contributed by atoms with E-state index in [4.69, 9.17) is 5.73 Å².